The molecule has 21 heavy (non-hydrogen) atoms. The fourth-order valence-electron chi connectivity index (χ4n) is 1.90. The molecule has 0 aliphatic carbocycles. The van der Waals surface area contributed by atoms with Gasteiger partial charge in [0.25, 0.3) is 10.0 Å². The molecule has 0 amide bonds. The molecule has 0 atom stereocenters. The standard InChI is InChI=1S/C14H12BrNO4S/c1-9-5-4-7-11(13(9)14(17)18)16-21(19,20)12-8-3-2-6-10(12)15/h2-8,16H,1H3,(H,17,18). The normalized spacial score (nSPS) is 11.1. The highest BCUT2D eigenvalue weighted by molar-refractivity contribution is 9.10. The Morgan fingerprint density at radius 3 is 2.43 bits per heavy atom. The maximum Gasteiger partial charge on any atom is 0.338 e. The maximum absolute atomic E-state index is 12.4. The Hall–Kier alpha value is -1.86. The van der Waals surface area contributed by atoms with Crippen molar-refractivity contribution in [3.05, 3.63) is 58.1 Å². The van der Waals surface area contributed by atoms with Crippen LogP contribution < -0.4 is 4.72 Å². The van der Waals surface area contributed by atoms with Crippen LogP contribution in [-0.4, -0.2) is 19.5 Å². The summed E-state index contributed by atoms with van der Waals surface area (Å²) < 4.78 is 27.5. The van der Waals surface area contributed by atoms with Gasteiger partial charge >= 0.3 is 5.97 Å². The van der Waals surface area contributed by atoms with E-state index in [0.29, 0.717) is 10.0 Å². The molecule has 2 aromatic carbocycles. The van der Waals surface area contributed by atoms with E-state index in [-0.39, 0.29) is 16.1 Å². The van der Waals surface area contributed by atoms with E-state index in [2.05, 4.69) is 20.7 Å². The first kappa shape index (κ1) is 15.5. The minimum absolute atomic E-state index is 0.0400. The lowest BCUT2D eigenvalue weighted by Gasteiger charge is -2.13. The minimum atomic E-state index is -3.88. The first-order valence-electron chi connectivity index (χ1n) is 5.93. The molecule has 0 bridgehead atoms. The number of rotatable bonds is 4. The van der Waals surface area contributed by atoms with Crippen molar-refractivity contribution in [3.8, 4) is 0 Å². The van der Waals surface area contributed by atoms with Crippen LogP contribution in [0.4, 0.5) is 5.69 Å². The highest BCUT2D eigenvalue weighted by Crippen LogP contribution is 2.26. The molecule has 0 fully saturated rings. The lowest BCUT2D eigenvalue weighted by molar-refractivity contribution is 0.0697. The first-order valence-corrected chi connectivity index (χ1v) is 8.21. The molecule has 0 unspecified atom stereocenters. The summed E-state index contributed by atoms with van der Waals surface area (Å²) in [5, 5.41) is 9.22. The van der Waals surface area contributed by atoms with Gasteiger partial charge in [0, 0.05) is 4.47 Å². The number of nitrogens with one attached hydrogen (secondary N) is 1. The topological polar surface area (TPSA) is 83.5 Å². The first-order chi connectivity index (χ1) is 9.83. The molecule has 7 heteroatoms. The number of sulfonamides is 1. The predicted octanol–water partition coefficient (Wildman–Crippen LogP) is 3.26. The quantitative estimate of drug-likeness (QED) is 0.866. The second-order valence-electron chi connectivity index (χ2n) is 4.34. The fourth-order valence-corrected chi connectivity index (χ4v) is 3.98. The summed E-state index contributed by atoms with van der Waals surface area (Å²) in [5.41, 5.74) is 0.459. The Morgan fingerprint density at radius 2 is 1.81 bits per heavy atom. The highest BCUT2D eigenvalue weighted by atomic mass is 79.9. The largest absolute Gasteiger partial charge is 0.478 e. The third-order valence-electron chi connectivity index (χ3n) is 2.86. The number of benzene rings is 2. The summed E-state index contributed by atoms with van der Waals surface area (Å²) in [6, 6.07) is 10.9. The zero-order valence-electron chi connectivity index (χ0n) is 11.0. The second kappa shape index (κ2) is 5.87. The summed E-state index contributed by atoms with van der Waals surface area (Å²) in [4.78, 5) is 11.3. The van der Waals surface area contributed by atoms with Crippen molar-refractivity contribution in [3.63, 3.8) is 0 Å². The molecule has 2 N–H and O–H groups in total. The molecule has 0 saturated carbocycles. The molecule has 0 radical (unpaired) electrons. The van der Waals surface area contributed by atoms with Crippen molar-refractivity contribution < 1.29 is 18.3 Å². The summed E-state index contributed by atoms with van der Waals surface area (Å²) >= 11 is 3.17. The molecule has 2 aromatic rings. The number of carboxylic acids is 1. The molecule has 2 rings (SSSR count). The van der Waals surface area contributed by atoms with Gasteiger partial charge in [0.2, 0.25) is 0 Å². The van der Waals surface area contributed by atoms with Crippen molar-refractivity contribution in [2.75, 3.05) is 4.72 Å². The van der Waals surface area contributed by atoms with Gasteiger partial charge in [-0.25, -0.2) is 13.2 Å². The lowest BCUT2D eigenvalue weighted by Crippen LogP contribution is -2.16. The van der Waals surface area contributed by atoms with E-state index in [1.54, 1.807) is 37.3 Å². The average Bonchev–Trinajstić information content (AvgIpc) is 2.38. The van der Waals surface area contributed by atoms with Crippen molar-refractivity contribution in [2.24, 2.45) is 0 Å². The predicted molar refractivity (Wildman–Crippen MR) is 83.1 cm³/mol. The van der Waals surface area contributed by atoms with Crippen LogP contribution in [0.3, 0.4) is 0 Å². The molecule has 0 aromatic heterocycles. The van der Waals surface area contributed by atoms with Crippen LogP contribution in [0.15, 0.2) is 51.8 Å². The number of aryl methyl sites for hydroxylation is 1. The van der Waals surface area contributed by atoms with E-state index in [0.717, 1.165) is 0 Å². The minimum Gasteiger partial charge on any atom is -0.478 e. The van der Waals surface area contributed by atoms with E-state index >= 15 is 0 Å². The SMILES string of the molecule is Cc1cccc(NS(=O)(=O)c2ccccc2Br)c1C(=O)O. The zero-order chi connectivity index (χ0) is 15.6. The summed E-state index contributed by atoms with van der Waals surface area (Å²) in [5.74, 6) is -1.18. The van der Waals surface area contributed by atoms with Crippen LogP contribution >= 0.6 is 15.9 Å². The van der Waals surface area contributed by atoms with Gasteiger partial charge in [0.05, 0.1) is 11.3 Å². The van der Waals surface area contributed by atoms with Gasteiger partial charge in [-0.05, 0) is 46.6 Å². The second-order valence-corrected chi connectivity index (χ2v) is 6.84. The Bertz CT molecular complexity index is 802. The Labute approximate surface area is 130 Å². The van der Waals surface area contributed by atoms with E-state index in [9.17, 15) is 18.3 Å². The third kappa shape index (κ3) is 3.25. The van der Waals surface area contributed by atoms with E-state index in [1.165, 1.54) is 12.1 Å². The third-order valence-corrected chi connectivity index (χ3v) is 5.23. The number of hydrogen-bond acceptors (Lipinski definition) is 3. The van der Waals surface area contributed by atoms with E-state index < -0.39 is 16.0 Å². The molecule has 0 spiro atoms. The number of hydrogen-bond donors (Lipinski definition) is 2. The molecule has 5 nitrogen and oxygen atoms in total. The van der Waals surface area contributed by atoms with Gasteiger partial charge in [0.15, 0.2) is 0 Å². The van der Waals surface area contributed by atoms with Crippen LogP contribution in [0.1, 0.15) is 15.9 Å². The molecule has 0 heterocycles. The van der Waals surface area contributed by atoms with Crippen LogP contribution in [0.25, 0.3) is 0 Å². The van der Waals surface area contributed by atoms with Crippen LogP contribution in [-0.2, 0) is 10.0 Å². The average molecular weight is 370 g/mol. The van der Waals surface area contributed by atoms with Crippen LogP contribution in [0.5, 0.6) is 0 Å². The molecular weight excluding hydrogens is 358 g/mol. The van der Waals surface area contributed by atoms with E-state index in [1.807, 2.05) is 0 Å². The van der Waals surface area contributed by atoms with Gasteiger partial charge in [0.1, 0.15) is 4.90 Å². The molecule has 0 aliphatic rings. The van der Waals surface area contributed by atoms with Gasteiger partial charge < -0.3 is 5.11 Å². The van der Waals surface area contributed by atoms with Gasteiger partial charge in [-0.1, -0.05) is 24.3 Å². The summed E-state index contributed by atoms with van der Waals surface area (Å²) in [6.07, 6.45) is 0. The number of carbonyl (C=O) groups is 1. The number of halogens is 1. The monoisotopic (exact) mass is 369 g/mol. The van der Waals surface area contributed by atoms with Crippen molar-refractivity contribution in [1.82, 2.24) is 0 Å². The number of anilines is 1. The summed E-state index contributed by atoms with van der Waals surface area (Å²) in [7, 11) is -3.88. The Morgan fingerprint density at radius 1 is 1.14 bits per heavy atom. The molecular formula is C14H12BrNO4S. The van der Waals surface area contributed by atoms with Gasteiger partial charge in [-0.15, -0.1) is 0 Å². The molecule has 110 valence electrons. The summed E-state index contributed by atoms with van der Waals surface area (Å²) in [6.45, 7) is 1.61. The van der Waals surface area contributed by atoms with Gasteiger partial charge in [-0.2, -0.15) is 0 Å². The Kier molecular flexibility index (Phi) is 4.34. The zero-order valence-corrected chi connectivity index (χ0v) is 13.4. The van der Waals surface area contributed by atoms with Crippen molar-refractivity contribution in [2.45, 2.75) is 11.8 Å². The number of carboxylic acid groups (broad SMARTS) is 1. The smallest absolute Gasteiger partial charge is 0.338 e. The van der Waals surface area contributed by atoms with Gasteiger partial charge in [-0.3, -0.25) is 4.72 Å². The van der Waals surface area contributed by atoms with Crippen LogP contribution in [0, 0.1) is 6.92 Å². The lowest BCUT2D eigenvalue weighted by atomic mass is 10.1. The molecule has 0 aliphatic heterocycles. The fraction of sp³-hybridized carbons (Fsp3) is 0.0714. The Balaban J connectivity index is 2.50. The van der Waals surface area contributed by atoms with Crippen molar-refractivity contribution >= 4 is 37.6 Å². The highest BCUT2D eigenvalue weighted by Gasteiger charge is 2.21. The molecule has 0 saturated heterocycles. The van der Waals surface area contributed by atoms with E-state index in [4.69, 9.17) is 0 Å². The van der Waals surface area contributed by atoms with Crippen molar-refractivity contribution in [1.29, 1.82) is 0 Å². The number of aromatic carboxylic acids is 1. The maximum atomic E-state index is 12.4. The van der Waals surface area contributed by atoms with Crippen LogP contribution in [0.2, 0.25) is 0 Å².